The normalized spacial score (nSPS) is 12.8. The summed E-state index contributed by atoms with van der Waals surface area (Å²) >= 11 is 0. The molecule has 0 aromatic heterocycles. The van der Waals surface area contributed by atoms with Crippen molar-refractivity contribution in [1.82, 2.24) is 5.32 Å². The van der Waals surface area contributed by atoms with Crippen molar-refractivity contribution in [2.24, 2.45) is 0 Å². The molecule has 0 amide bonds. The zero-order chi connectivity index (χ0) is 18.3. The molecule has 1 N–H and O–H groups in total. The van der Waals surface area contributed by atoms with Crippen molar-refractivity contribution in [3.05, 3.63) is 65.2 Å². The van der Waals surface area contributed by atoms with E-state index in [1.54, 1.807) is 0 Å². The van der Waals surface area contributed by atoms with Gasteiger partial charge in [-0.1, -0.05) is 70.5 Å². The van der Waals surface area contributed by atoms with Crippen LogP contribution in [-0.4, -0.2) is 6.61 Å². The maximum absolute atomic E-state index is 5.73. The predicted octanol–water partition coefficient (Wildman–Crippen LogP) is 6.01. The van der Waals surface area contributed by atoms with Gasteiger partial charge in [0, 0.05) is 12.6 Å². The molecule has 2 aromatic rings. The van der Waals surface area contributed by atoms with Crippen LogP contribution in [0.5, 0.6) is 5.75 Å². The Morgan fingerprint density at radius 2 is 1.60 bits per heavy atom. The molecule has 2 heteroatoms. The quantitative estimate of drug-likeness (QED) is 0.594. The summed E-state index contributed by atoms with van der Waals surface area (Å²) in [5, 5.41) is 3.60. The number of hydrogen-bond acceptors (Lipinski definition) is 2. The van der Waals surface area contributed by atoms with Gasteiger partial charge in [-0.25, -0.2) is 0 Å². The van der Waals surface area contributed by atoms with Crippen LogP contribution in [0.2, 0.25) is 0 Å². The first-order chi connectivity index (χ1) is 11.9. The van der Waals surface area contributed by atoms with E-state index in [0.29, 0.717) is 6.04 Å². The largest absolute Gasteiger partial charge is 0.494 e. The van der Waals surface area contributed by atoms with Crippen LogP contribution < -0.4 is 10.1 Å². The highest BCUT2D eigenvalue weighted by molar-refractivity contribution is 5.30. The molecule has 0 aliphatic rings. The highest BCUT2D eigenvalue weighted by atomic mass is 16.5. The molecule has 1 atom stereocenters. The zero-order valence-electron chi connectivity index (χ0n) is 16.4. The van der Waals surface area contributed by atoms with Gasteiger partial charge >= 0.3 is 0 Å². The first-order valence-corrected chi connectivity index (χ1v) is 9.45. The Bertz CT molecular complexity index is 623. The lowest BCUT2D eigenvalue weighted by Crippen LogP contribution is -2.18. The Morgan fingerprint density at radius 1 is 0.960 bits per heavy atom. The van der Waals surface area contributed by atoms with Crippen LogP contribution in [0.25, 0.3) is 0 Å². The number of unbranched alkanes of at least 4 members (excludes halogenated alkanes) is 1. The van der Waals surface area contributed by atoms with E-state index >= 15 is 0 Å². The summed E-state index contributed by atoms with van der Waals surface area (Å²) in [6.45, 7) is 12.8. The molecule has 0 radical (unpaired) electrons. The number of rotatable bonds is 8. The van der Waals surface area contributed by atoms with Gasteiger partial charge in [-0.05, 0) is 47.6 Å². The first kappa shape index (κ1) is 19.5. The number of benzene rings is 2. The highest BCUT2D eigenvalue weighted by Gasteiger charge is 2.13. The topological polar surface area (TPSA) is 21.3 Å². The van der Waals surface area contributed by atoms with Crippen LogP contribution in [0.3, 0.4) is 0 Å². The molecule has 136 valence electrons. The summed E-state index contributed by atoms with van der Waals surface area (Å²) in [6.07, 6.45) is 2.27. The van der Waals surface area contributed by atoms with Gasteiger partial charge in [0.05, 0.1) is 6.61 Å². The summed E-state index contributed by atoms with van der Waals surface area (Å²) in [5.74, 6) is 0.960. The van der Waals surface area contributed by atoms with Gasteiger partial charge in [-0.3, -0.25) is 0 Å². The van der Waals surface area contributed by atoms with Crippen LogP contribution >= 0.6 is 0 Å². The lowest BCUT2D eigenvalue weighted by molar-refractivity contribution is 0.309. The monoisotopic (exact) mass is 339 g/mol. The van der Waals surface area contributed by atoms with E-state index in [2.05, 4.69) is 88.5 Å². The van der Waals surface area contributed by atoms with Crippen molar-refractivity contribution in [3.8, 4) is 5.75 Å². The second-order valence-electron chi connectivity index (χ2n) is 7.82. The van der Waals surface area contributed by atoms with E-state index in [1.807, 2.05) is 0 Å². The summed E-state index contributed by atoms with van der Waals surface area (Å²) < 4.78 is 5.73. The average Bonchev–Trinajstić information content (AvgIpc) is 2.60. The minimum absolute atomic E-state index is 0.209. The molecule has 25 heavy (non-hydrogen) atoms. The molecule has 0 heterocycles. The molecule has 0 fully saturated rings. The molecule has 0 aliphatic heterocycles. The summed E-state index contributed by atoms with van der Waals surface area (Å²) in [5.41, 5.74) is 4.19. The van der Waals surface area contributed by atoms with Gasteiger partial charge in [0.15, 0.2) is 0 Å². The van der Waals surface area contributed by atoms with Gasteiger partial charge in [0.2, 0.25) is 0 Å². The molecule has 2 rings (SSSR count). The fourth-order valence-electron chi connectivity index (χ4n) is 2.70. The van der Waals surface area contributed by atoms with Gasteiger partial charge < -0.3 is 10.1 Å². The Hall–Kier alpha value is -1.80. The van der Waals surface area contributed by atoms with Crippen molar-refractivity contribution in [3.63, 3.8) is 0 Å². The SMILES string of the molecule is CCCCOc1ccc(C(C)NCc2ccc(C(C)(C)C)cc2)cc1. The van der Waals surface area contributed by atoms with Crippen molar-refractivity contribution in [2.45, 2.75) is 65.5 Å². The standard InChI is InChI=1S/C23H33NO/c1-6-7-16-25-22-14-10-20(11-15-22)18(2)24-17-19-8-12-21(13-9-19)23(3,4)5/h8-15,18,24H,6-7,16-17H2,1-5H3. The molecule has 0 aliphatic carbocycles. The molecular formula is C23H33NO. The minimum Gasteiger partial charge on any atom is -0.494 e. The van der Waals surface area contributed by atoms with Crippen LogP contribution in [0, 0.1) is 0 Å². The Labute approximate surface area is 153 Å². The van der Waals surface area contributed by atoms with E-state index in [-0.39, 0.29) is 5.41 Å². The van der Waals surface area contributed by atoms with Crippen LogP contribution in [-0.2, 0) is 12.0 Å². The van der Waals surface area contributed by atoms with Crippen molar-refractivity contribution < 1.29 is 4.74 Å². The van der Waals surface area contributed by atoms with Crippen LogP contribution in [0.4, 0.5) is 0 Å². The fourth-order valence-corrected chi connectivity index (χ4v) is 2.70. The van der Waals surface area contributed by atoms with E-state index in [0.717, 1.165) is 31.7 Å². The molecule has 0 saturated carbocycles. The highest BCUT2D eigenvalue weighted by Crippen LogP contribution is 2.23. The van der Waals surface area contributed by atoms with Gasteiger partial charge in [-0.2, -0.15) is 0 Å². The van der Waals surface area contributed by atoms with Gasteiger partial charge in [-0.15, -0.1) is 0 Å². The lowest BCUT2D eigenvalue weighted by atomic mass is 9.87. The Kier molecular flexibility index (Phi) is 7.07. The zero-order valence-corrected chi connectivity index (χ0v) is 16.4. The minimum atomic E-state index is 0.209. The van der Waals surface area contributed by atoms with Crippen LogP contribution in [0.1, 0.15) is 70.2 Å². The first-order valence-electron chi connectivity index (χ1n) is 9.45. The molecule has 0 bridgehead atoms. The van der Waals surface area contributed by atoms with E-state index < -0.39 is 0 Å². The summed E-state index contributed by atoms with van der Waals surface area (Å²) in [6, 6.07) is 17.7. The maximum atomic E-state index is 5.73. The smallest absolute Gasteiger partial charge is 0.119 e. The van der Waals surface area contributed by atoms with Gasteiger partial charge in [0.1, 0.15) is 5.75 Å². The van der Waals surface area contributed by atoms with E-state index in [1.165, 1.54) is 16.7 Å². The number of nitrogens with one attached hydrogen (secondary N) is 1. The van der Waals surface area contributed by atoms with Crippen molar-refractivity contribution >= 4 is 0 Å². The second kappa shape index (κ2) is 9.05. The van der Waals surface area contributed by atoms with E-state index in [9.17, 15) is 0 Å². The third kappa shape index (κ3) is 6.21. The molecule has 1 unspecified atom stereocenters. The summed E-state index contributed by atoms with van der Waals surface area (Å²) in [4.78, 5) is 0. The third-order valence-corrected chi connectivity index (χ3v) is 4.58. The third-order valence-electron chi connectivity index (χ3n) is 4.58. The Balaban J connectivity index is 1.86. The van der Waals surface area contributed by atoms with Crippen molar-refractivity contribution in [1.29, 1.82) is 0 Å². The molecule has 0 saturated heterocycles. The lowest BCUT2D eigenvalue weighted by Gasteiger charge is -2.20. The second-order valence-corrected chi connectivity index (χ2v) is 7.82. The maximum Gasteiger partial charge on any atom is 0.119 e. The summed E-state index contributed by atoms with van der Waals surface area (Å²) in [7, 11) is 0. The number of hydrogen-bond donors (Lipinski definition) is 1. The molecule has 0 spiro atoms. The van der Waals surface area contributed by atoms with Crippen molar-refractivity contribution in [2.75, 3.05) is 6.61 Å². The van der Waals surface area contributed by atoms with Crippen LogP contribution in [0.15, 0.2) is 48.5 Å². The molecule has 2 aromatic carbocycles. The number of ether oxygens (including phenoxy) is 1. The molecular weight excluding hydrogens is 306 g/mol. The fraction of sp³-hybridized carbons (Fsp3) is 0.478. The average molecular weight is 340 g/mol. The molecule has 2 nitrogen and oxygen atoms in total. The van der Waals surface area contributed by atoms with Gasteiger partial charge in [0.25, 0.3) is 0 Å². The van der Waals surface area contributed by atoms with E-state index in [4.69, 9.17) is 4.74 Å². The predicted molar refractivity (Wildman–Crippen MR) is 107 cm³/mol. The Morgan fingerprint density at radius 3 is 2.16 bits per heavy atom.